The van der Waals surface area contributed by atoms with Crippen LogP contribution < -0.4 is 70.8 Å². The van der Waals surface area contributed by atoms with Crippen LogP contribution in [0.3, 0.4) is 0 Å². The molecule has 0 saturated carbocycles. The maximum atomic E-state index is 14.3. The van der Waals surface area contributed by atoms with Gasteiger partial charge in [0.1, 0.15) is 71.9 Å². The molecule has 12 amide bonds. The van der Waals surface area contributed by atoms with Crippen LogP contribution in [0.2, 0.25) is 0 Å². The number of benzene rings is 2. The van der Waals surface area contributed by atoms with Gasteiger partial charge in [0.25, 0.3) is 0 Å². The van der Waals surface area contributed by atoms with Gasteiger partial charge in [-0.1, -0.05) is 52.0 Å². The Morgan fingerprint density at radius 3 is 1.10 bits per heavy atom. The number of amides is 12. The molecule has 32 nitrogen and oxygen atoms in total. The Morgan fingerprint density at radius 2 is 0.736 bits per heavy atom. The van der Waals surface area contributed by atoms with Gasteiger partial charge in [-0.3, -0.25) is 62.3 Å². The molecule has 0 aromatic heterocycles. The number of carboxylic acids is 2. The highest BCUT2D eigenvalue weighted by atomic mass is 32.1. The third-order valence-electron chi connectivity index (χ3n) is 12.7. The van der Waals surface area contributed by atoms with E-state index in [1.54, 1.807) is 27.7 Å². The number of nitrogens with one attached hydrogen (secondary N) is 9. The molecule has 0 radical (unpaired) electrons. The lowest BCUT2D eigenvalue weighted by atomic mass is 9.99. The molecule has 0 unspecified atom stereocenters. The van der Waals surface area contributed by atoms with Crippen molar-refractivity contribution in [3.63, 3.8) is 0 Å². The third-order valence-corrected chi connectivity index (χ3v) is 13.1. The smallest absolute Gasteiger partial charge is 0.326 e. The first-order valence-electron chi connectivity index (χ1n) is 27.3. The first kappa shape index (κ1) is 74.0. The van der Waals surface area contributed by atoms with E-state index in [4.69, 9.17) is 22.9 Å². The number of carboxylic acid groups (broad SMARTS) is 2. The van der Waals surface area contributed by atoms with Crippen molar-refractivity contribution < 1.29 is 92.7 Å². The first-order chi connectivity index (χ1) is 40.7. The molecular formula is C54H79N13O19S. The molecule has 10 atom stereocenters. The average Bonchev–Trinajstić information content (AvgIpc) is 3.61. The zero-order valence-corrected chi connectivity index (χ0v) is 49.1. The van der Waals surface area contributed by atoms with E-state index in [0.29, 0.717) is 5.56 Å². The normalized spacial score (nSPS) is 14.5. The predicted molar refractivity (Wildman–Crippen MR) is 309 cm³/mol. The lowest BCUT2D eigenvalue weighted by Crippen LogP contribution is -2.61. The fraction of sp³-hybridized carbons (Fsp3) is 0.519. The van der Waals surface area contributed by atoms with Crippen molar-refractivity contribution in [3.8, 4) is 11.5 Å². The van der Waals surface area contributed by atoms with Gasteiger partial charge < -0.3 is 96.3 Å². The number of phenolic OH excluding ortho intramolecular Hbond substituents is 2. The number of carbonyl (C=O) groups excluding carboxylic acids is 12. The number of aromatic hydroxyl groups is 2. The minimum atomic E-state index is -1.99. The molecule has 0 aliphatic carbocycles. The highest BCUT2D eigenvalue weighted by molar-refractivity contribution is 7.80. The molecule has 0 fully saturated rings. The van der Waals surface area contributed by atoms with E-state index in [9.17, 15) is 92.7 Å². The monoisotopic (exact) mass is 1250 g/mol. The standard InChI is InChI=1S/C54H79N13O19S/c1-25(2)17-34(61-45(76)31(55)23-68)49(80)63-36(19-27-5-9-29(69)10-6-27)50(81)59-32(13-15-41(56)71)46(77)62-35(18-26(3)4)48(79)60-33(14-16-44(74)75)47(78)65-38(21-42(57)72)52(83)64-37(20-28-7-11-30(70)12-8-28)51(82)67-40(24-87)53(84)66-39(54(85)86)22-43(58)73/h5-12,25-26,31-40,68-70,87H,13-24,55H2,1-4H3,(H2,56,71)(H2,57,72)(H2,58,73)(H,59,81)(H,60,79)(H,61,76)(H,62,77)(H,63,80)(H,64,83)(H,65,78)(H,66,84)(H,67,82)(H,74,75)(H,85,86)/t31-,32-,33-,34-,35-,36-,37-,38-,39-,40-/m0/s1. The van der Waals surface area contributed by atoms with Crippen LogP contribution >= 0.6 is 12.6 Å². The molecule has 0 aliphatic heterocycles. The molecule has 22 N–H and O–H groups in total. The van der Waals surface area contributed by atoms with Gasteiger partial charge in [-0.15, -0.1) is 0 Å². The molecule has 0 spiro atoms. The molecule has 33 heteroatoms. The Labute approximate surface area is 505 Å². The fourth-order valence-electron chi connectivity index (χ4n) is 8.20. The summed E-state index contributed by atoms with van der Waals surface area (Å²) >= 11 is 4.06. The van der Waals surface area contributed by atoms with E-state index >= 15 is 0 Å². The van der Waals surface area contributed by atoms with Gasteiger partial charge in [0.15, 0.2) is 0 Å². The van der Waals surface area contributed by atoms with Crippen molar-refractivity contribution in [1.29, 1.82) is 0 Å². The second-order valence-electron chi connectivity index (χ2n) is 21.1. The Balaban J connectivity index is 2.56. The van der Waals surface area contributed by atoms with E-state index in [0.717, 1.165) is 0 Å². The van der Waals surface area contributed by atoms with Gasteiger partial charge in [-0.2, -0.15) is 12.6 Å². The minimum absolute atomic E-state index is 0.0317. The van der Waals surface area contributed by atoms with E-state index < -0.39 is 206 Å². The number of hydrogen-bond donors (Lipinski definition) is 19. The molecule has 480 valence electrons. The number of nitrogens with two attached hydrogens (primary N) is 4. The third kappa shape index (κ3) is 27.6. The number of hydrogen-bond acceptors (Lipinski definition) is 19. The maximum absolute atomic E-state index is 14.3. The van der Waals surface area contributed by atoms with Crippen molar-refractivity contribution in [2.45, 2.75) is 152 Å². The van der Waals surface area contributed by atoms with Gasteiger partial charge in [-0.25, -0.2) is 4.79 Å². The molecule has 0 saturated heterocycles. The van der Waals surface area contributed by atoms with Crippen molar-refractivity contribution in [3.05, 3.63) is 59.7 Å². The Morgan fingerprint density at radius 1 is 0.425 bits per heavy atom. The summed E-state index contributed by atoms with van der Waals surface area (Å²) in [5.41, 5.74) is 22.4. The number of aliphatic carboxylic acids is 2. The summed E-state index contributed by atoms with van der Waals surface area (Å²) in [5.74, 6) is -17.7. The summed E-state index contributed by atoms with van der Waals surface area (Å²) in [6, 6.07) is -5.94. The Bertz CT molecular complexity index is 2770. The van der Waals surface area contributed by atoms with Crippen molar-refractivity contribution in [1.82, 2.24) is 47.9 Å². The number of phenols is 2. The van der Waals surface area contributed by atoms with Crippen LogP contribution in [-0.4, -0.2) is 181 Å². The molecule has 0 heterocycles. The number of thiol groups is 1. The summed E-state index contributed by atoms with van der Waals surface area (Å²) in [7, 11) is 0. The summed E-state index contributed by atoms with van der Waals surface area (Å²) < 4.78 is 0. The SMILES string of the molecule is CC(C)C[C@H](NC(=O)[C@H](CCC(N)=O)NC(=O)[C@H](Cc1ccc(O)cc1)NC(=O)[C@H](CC(C)C)NC(=O)[C@@H](N)CO)C(=O)N[C@@H](CCC(=O)O)C(=O)N[C@@H](CC(N)=O)C(=O)N[C@@H](Cc1ccc(O)cc1)C(=O)N[C@@H](CS)C(=O)N[C@@H](CC(N)=O)C(=O)O. The number of rotatable bonds is 39. The second-order valence-corrected chi connectivity index (χ2v) is 21.5. The number of aliphatic hydroxyl groups excluding tert-OH is 1. The topological polar surface area (TPSA) is 552 Å². The Kier molecular flexibility index (Phi) is 31.2. The zero-order chi connectivity index (χ0) is 65.8. The van der Waals surface area contributed by atoms with Crippen molar-refractivity contribution >= 4 is 95.5 Å². The van der Waals surface area contributed by atoms with Crippen LogP contribution in [0.1, 0.15) is 90.2 Å². The molecule has 87 heavy (non-hydrogen) atoms. The lowest BCUT2D eigenvalue weighted by Gasteiger charge is -2.28. The van der Waals surface area contributed by atoms with Gasteiger partial charge >= 0.3 is 11.9 Å². The molecule has 2 rings (SSSR count). The van der Waals surface area contributed by atoms with E-state index in [1.165, 1.54) is 48.5 Å². The first-order valence-corrected chi connectivity index (χ1v) is 27.9. The van der Waals surface area contributed by atoms with Crippen LogP contribution in [0.5, 0.6) is 11.5 Å². The molecule has 2 aromatic rings. The van der Waals surface area contributed by atoms with E-state index in [-0.39, 0.29) is 42.2 Å². The van der Waals surface area contributed by atoms with Crippen LogP contribution in [0.15, 0.2) is 48.5 Å². The average molecular weight is 1250 g/mol. The van der Waals surface area contributed by atoms with Crippen molar-refractivity contribution in [2.75, 3.05) is 12.4 Å². The molecule has 0 bridgehead atoms. The van der Waals surface area contributed by atoms with Crippen LogP contribution in [-0.2, 0) is 80.0 Å². The van der Waals surface area contributed by atoms with Crippen molar-refractivity contribution in [2.24, 2.45) is 34.8 Å². The van der Waals surface area contributed by atoms with Gasteiger partial charge in [0, 0.05) is 31.4 Å². The van der Waals surface area contributed by atoms with E-state index in [1.807, 2.05) is 0 Å². The number of primary amides is 3. The van der Waals surface area contributed by atoms with Gasteiger partial charge in [0.05, 0.1) is 19.4 Å². The van der Waals surface area contributed by atoms with Crippen LogP contribution in [0, 0.1) is 11.8 Å². The zero-order valence-electron chi connectivity index (χ0n) is 48.2. The van der Waals surface area contributed by atoms with E-state index in [2.05, 4.69) is 60.5 Å². The number of carbonyl (C=O) groups is 14. The summed E-state index contributed by atoms with van der Waals surface area (Å²) in [4.78, 5) is 184. The Hall–Kier alpha value is -9.11. The van der Waals surface area contributed by atoms with Gasteiger partial charge in [-0.05, 0) is 72.9 Å². The molecule has 2 aromatic carbocycles. The largest absolute Gasteiger partial charge is 0.508 e. The second kappa shape index (κ2) is 36.7. The maximum Gasteiger partial charge on any atom is 0.326 e. The van der Waals surface area contributed by atoms with Crippen LogP contribution in [0.25, 0.3) is 0 Å². The summed E-state index contributed by atoms with van der Waals surface area (Å²) in [6.45, 7) is 5.99. The quantitative estimate of drug-likeness (QED) is 0.0278. The summed E-state index contributed by atoms with van der Waals surface area (Å²) in [5, 5.41) is 69.6. The summed E-state index contributed by atoms with van der Waals surface area (Å²) in [6.07, 6.45) is -5.20. The fourth-order valence-corrected chi connectivity index (χ4v) is 8.45. The van der Waals surface area contributed by atoms with Crippen LogP contribution in [0.4, 0.5) is 0 Å². The lowest BCUT2D eigenvalue weighted by molar-refractivity contribution is -0.143. The minimum Gasteiger partial charge on any atom is -0.508 e. The molecular weight excluding hydrogens is 1170 g/mol. The molecule has 0 aliphatic rings. The highest BCUT2D eigenvalue weighted by Gasteiger charge is 2.37. The highest BCUT2D eigenvalue weighted by Crippen LogP contribution is 2.16. The number of aliphatic hydroxyl groups is 1. The van der Waals surface area contributed by atoms with Gasteiger partial charge in [0.2, 0.25) is 70.9 Å². The predicted octanol–water partition coefficient (Wildman–Crippen LogP) is -5.45.